The van der Waals surface area contributed by atoms with E-state index in [1.807, 2.05) is 20.8 Å². The van der Waals surface area contributed by atoms with Gasteiger partial charge in [-0.3, -0.25) is 4.72 Å². The lowest BCUT2D eigenvalue weighted by atomic mass is 9.87. The third-order valence-corrected chi connectivity index (χ3v) is 5.71. The van der Waals surface area contributed by atoms with Crippen molar-refractivity contribution >= 4 is 27.0 Å². The van der Waals surface area contributed by atoms with Crippen LogP contribution >= 0.6 is 11.3 Å². The summed E-state index contributed by atoms with van der Waals surface area (Å²) >= 11 is 1.09. The molecule has 0 spiro atoms. The van der Waals surface area contributed by atoms with Crippen molar-refractivity contribution in [3.05, 3.63) is 35.0 Å². The van der Waals surface area contributed by atoms with E-state index in [0.717, 1.165) is 16.9 Å². The number of benzene rings is 1. The fourth-order valence-electron chi connectivity index (χ4n) is 1.75. The van der Waals surface area contributed by atoms with E-state index >= 15 is 0 Å². The first-order valence-electron chi connectivity index (χ1n) is 6.38. The Bertz CT molecular complexity index is 759. The Morgan fingerprint density at radius 1 is 1.29 bits per heavy atom. The first kappa shape index (κ1) is 15.8. The number of phenolic OH excluding ortho intramolecular Hbond substituents is 1. The predicted molar refractivity (Wildman–Crippen MR) is 84.5 cm³/mol. The predicted octanol–water partition coefficient (Wildman–Crippen LogP) is 3.26. The highest BCUT2D eigenvalue weighted by Gasteiger charge is 2.21. The van der Waals surface area contributed by atoms with Crippen molar-refractivity contribution in [3.8, 4) is 5.75 Å². The summed E-state index contributed by atoms with van der Waals surface area (Å²) in [7, 11) is -3.73. The molecule has 21 heavy (non-hydrogen) atoms. The van der Waals surface area contributed by atoms with Crippen molar-refractivity contribution < 1.29 is 13.5 Å². The molecule has 7 heteroatoms. The number of thiazole rings is 1. The summed E-state index contributed by atoms with van der Waals surface area (Å²) in [5, 5.41) is 10.5. The first-order valence-corrected chi connectivity index (χ1v) is 8.68. The molecule has 114 valence electrons. The van der Waals surface area contributed by atoms with Gasteiger partial charge in [-0.2, -0.15) is 0 Å². The van der Waals surface area contributed by atoms with Crippen molar-refractivity contribution in [2.75, 3.05) is 4.72 Å². The number of hydrogen-bond acceptors (Lipinski definition) is 5. The normalized spacial score (nSPS) is 12.4. The van der Waals surface area contributed by atoms with Crippen LogP contribution < -0.4 is 4.72 Å². The van der Waals surface area contributed by atoms with Crippen LogP contribution in [0.5, 0.6) is 5.75 Å². The lowest BCUT2D eigenvalue weighted by Crippen LogP contribution is -2.14. The van der Waals surface area contributed by atoms with Crippen LogP contribution in [0.15, 0.2) is 28.6 Å². The van der Waals surface area contributed by atoms with Crippen LogP contribution in [0.1, 0.15) is 31.3 Å². The van der Waals surface area contributed by atoms with Gasteiger partial charge in [0.15, 0.2) is 4.21 Å². The van der Waals surface area contributed by atoms with Gasteiger partial charge in [0, 0.05) is 0 Å². The van der Waals surface area contributed by atoms with Gasteiger partial charge in [0.2, 0.25) is 0 Å². The highest BCUT2D eigenvalue weighted by molar-refractivity contribution is 7.94. The van der Waals surface area contributed by atoms with Crippen molar-refractivity contribution in [2.45, 2.75) is 37.3 Å². The minimum atomic E-state index is -3.73. The van der Waals surface area contributed by atoms with Crippen LogP contribution in [0.4, 0.5) is 5.69 Å². The minimum absolute atomic E-state index is 0.104. The molecule has 0 saturated heterocycles. The second-order valence-corrected chi connectivity index (χ2v) is 8.93. The van der Waals surface area contributed by atoms with E-state index in [2.05, 4.69) is 9.71 Å². The first-order chi connectivity index (χ1) is 9.59. The van der Waals surface area contributed by atoms with Gasteiger partial charge < -0.3 is 5.11 Å². The molecule has 0 aliphatic heterocycles. The molecular formula is C14H18N2O3S2. The van der Waals surface area contributed by atoms with E-state index in [-0.39, 0.29) is 21.1 Å². The monoisotopic (exact) mass is 326 g/mol. The maximum absolute atomic E-state index is 12.3. The van der Waals surface area contributed by atoms with Gasteiger partial charge in [0.05, 0.1) is 16.9 Å². The number of nitrogens with zero attached hydrogens (tertiary/aromatic N) is 1. The zero-order chi connectivity index (χ0) is 15.8. The van der Waals surface area contributed by atoms with Crippen molar-refractivity contribution in [2.24, 2.45) is 0 Å². The summed E-state index contributed by atoms with van der Waals surface area (Å²) in [4.78, 5) is 3.94. The zero-order valence-corrected chi connectivity index (χ0v) is 14.0. The van der Waals surface area contributed by atoms with E-state index in [1.165, 1.54) is 12.3 Å². The quantitative estimate of drug-likeness (QED) is 0.849. The van der Waals surface area contributed by atoms with Crippen molar-refractivity contribution in [1.82, 2.24) is 4.98 Å². The summed E-state index contributed by atoms with van der Waals surface area (Å²) in [6.07, 6.45) is 1.31. The van der Waals surface area contributed by atoms with Crippen LogP contribution in [0.3, 0.4) is 0 Å². The number of rotatable bonds is 3. The third-order valence-electron chi connectivity index (χ3n) is 2.97. The number of phenols is 1. The van der Waals surface area contributed by atoms with Crippen LogP contribution in [0.2, 0.25) is 0 Å². The summed E-state index contributed by atoms with van der Waals surface area (Å²) in [6.45, 7) is 7.79. The molecule has 0 unspecified atom stereocenters. The molecule has 0 aliphatic carbocycles. The maximum atomic E-state index is 12.3. The number of nitrogens with one attached hydrogen (secondary N) is 1. The van der Waals surface area contributed by atoms with Crippen LogP contribution in [-0.4, -0.2) is 18.5 Å². The van der Waals surface area contributed by atoms with Crippen LogP contribution in [0, 0.1) is 6.92 Å². The van der Waals surface area contributed by atoms with Crippen molar-refractivity contribution in [3.63, 3.8) is 0 Å². The van der Waals surface area contributed by atoms with Crippen LogP contribution in [0.25, 0.3) is 0 Å². The molecule has 1 heterocycles. The molecule has 1 aromatic heterocycles. The standard InChI is InChI=1S/C14H18N2O3S2/c1-9-15-8-13(20-9)21(18,19)16-11-7-10(14(2,3)4)5-6-12(11)17/h5-8,16-17H,1-4H3. The molecule has 5 nitrogen and oxygen atoms in total. The van der Waals surface area contributed by atoms with Crippen LogP contribution in [-0.2, 0) is 15.4 Å². The molecule has 2 aromatic rings. The lowest BCUT2D eigenvalue weighted by Gasteiger charge is -2.20. The number of aryl methyl sites for hydroxylation is 1. The lowest BCUT2D eigenvalue weighted by molar-refractivity contribution is 0.476. The van der Waals surface area contributed by atoms with Gasteiger partial charge in [0.25, 0.3) is 10.0 Å². The molecule has 0 aliphatic rings. The number of anilines is 1. The third kappa shape index (κ3) is 3.54. The van der Waals surface area contributed by atoms with E-state index in [4.69, 9.17) is 0 Å². The minimum Gasteiger partial charge on any atom is -0.506 e. The highest BCUT2D eigenvalue weighted by Crippen LogP contribution is 2.32. The summed E-state index contributed by atoms with van der Waals surface area (Å²) in [5.74, 6) is -0.104. The van der Waals surface area contributed by atoms with Gasteiger partial charge in [-0.05, 0) is 30.0 Å². The molecule has 0 fully saturated rings. The number of sulfonamides is 1. The Morgan fingerprint density at radius 2 is 1.95 bits per heavy atom. The van der Waals surface area contributed by atoms with Gasteiger partial charge >= 0.3 is 0 Å². The smallest absolute Gasteiger partial charge is 0.273 e. The van der Waals surface area contributed by atoms with Crippen molar-refractivity contribution in [1.29, 1.82) is 0 Å². The molecule has 0 bridgehead atoms. The topological polar surface area (TPSA) is 79.3 Å². The Morgan fingerprint density at radius 3 is 2.48 bits per heavy atom. The van der Waals surface area contributed by atoms with E-state index in [9.17, 15) is 13.5 Å². The molecule has 0 amide bonds. The van der Waals surface area contributed by atoms with E-state index < -0.39 is 10.0 Å². The largest absolute Gasteiger partial charge is 0.506 e. The molecule has 2 N–H and O–H groups in total. The highest BCUT2D eigenvalue weighted by atomic mass is 32.2. The fourth-order valence-corrected chi connectivity index (χ4v) is 3.92. The summed E-state index contributed by atoms with van der Waals surface area (Å²) < 4.78 is 27.1. The molecule has 0 saturated carbocycles. The average molecular weight is 326 g/mol. The maximum Gasteiger partial charge on any atom is 0.273 e. The Kier molecular flexibility index (Phi) is 3.99. The second kappa shape index (κ2) is 5.31. The summed E-state index contributed by atoms with van der Waals surface area (Å²) in [6, 6.07) is 4.93. The number of aromatic nitrogens is 1. The zero-order valence-electron chi connectivity index (χ0n) is 12.3. The Balaban J connectivity index is 2.39. The van der Waals surface area contributed by atoms with Gasteiger partial charge in [-0.25, -0.2) is 13.4 Å². The fraction of sp³-hybridized carbons (Fsp3) is 0.357. The molecule has 0 radical (unpaired) electrons. The SMILES string of the molecule is Cc1ncc(S(=O)(=O)Nc2cc(C(C)(C)C)ccc2O)s1. The second-order valence-electron chi connectivity index (χ2n) is 5.79. The Labute approximate surface area is 128 Å². The van der Waals surface area contributed by atoms with Gasteiger partial charge in [-0.1, -0.05) is 26.8 Å². The Hall–Kier alpha value is -1.60. The van der Waals surface area contributed by atoms with Gasteiger partial charge in [-0.15, -0.1) is 11.3 Å². The molecule has 2 rings (SSSR count). The summed E-state index contributed by atoms with van der Waals surface area (Å²) in [5.41, 5.74) is 0.960. The molecular weight excluding hydrogens is 308 g/mol. The molecule has 0 atom stereocenters. The molecule has 1 aromatic carbocycles. The average Bonchev–Trinajstić information content (AvgIpc) is 2.78. The number of aromatic hydroxyl groups is 1. The van der Waals surface area contributed by atoms with E-state index in [1.54, 1.807) is 19.1 Å². The van der Waals surface area contributed by atoms with E-state index in [0.29, 0.717) is 5.01 Å². The van der Waals surface area contributed by atoms with Gasteiger partial charge in [0.1, 0.15) is 5.75 Å². The number of hydrogen-bond donors (Lipinski definition) is 2.